The third kappa shape index (κ3) is 46.7. The van der Waals surface area contributed by atoms with Crippen molar-refractivity contribution in [2.75, 3.05) is 6.61 Å². The third-order valence-corrected chi connectivity index (χ3v) is 13.1. The Morgan fingerprint density at radius 3 is 1.19 bits per heavy atom. The van der Waals surface area contributed by atoms with E-state index in [-0.39, 0.29) is 24.9 Å². The topological polar surface area (TPSA) is 95.9 Å². The minimum absolute atomic E-state index is 0.0655. The average Bonchev–Trinajstić information content (AvgIpc) is 3.28. The molecule has 0 saturated heterocycles. The highest BCUT2D eigenvalue weighted by atomic mass is 16.5. The number of amides is 1. The predicted octanol–water partition coefficient (Wildman–Crippen LogP) is 17.1. The van der Waals surface area contributed by atoms with E-state index in [1.54, 1.807) is 0 Å². The minimum atomic E-state index is -0.791. The number of allylic oxidation sites excluding steroid dienone is 4. The summed E-state index contributed by atoms with van der Waals surface area (Å²) in [4.78, 5) is 26.2. The molecule has 0 radical (unpaired) electrons. The van der Waals surface area contributed by atoms with Gasteiger partial charge in [-0.2, -0.15) is 0 Å². The van der Waals surface area contributed by atoms with E-state index in [9.17, 15) is 19.8 Å². The molecule has 0 bridgehead atoms. The molecule has 1 amide bonds. The molecule has 3 N–H and O–H groups in total. The van der Waals surface area contributed by atoms with E-state index in [0.29, 0.717) is 19.3 Å². The fraction of sp³-hybridized carbons (Fsp3) is 0.895. The van der Waals surface area contributed by atoms with Gasteiger partial charge in [0.1, 0.15) is 6.10 Å². The van der Waals surface area contributed by atoms with Crippen molar-refractivity contribution >= 4 is 11.9 Å². The summed E-state index contributed by atoms with van der Waals surface area (Å²) in [7, 11) is 0. The lowest BCUT2D eigenvalue weighted by molar-refractivity contribution is -0.151. The number of esters is 1. The number of hydrogen-bond acceptors (Lipinski definition) is 5. The second-order valence-corrected chi connectivity index (χ2v) is 19.4. The number of ether oxygens (including phenoxy) is 1. The molecule has 0 aromatic heterocycles. The maximum atomic E-state index is 13.2. The molecule has 0 aromatic rings. The molecule has 0 aliphatic rings. The Morgan fingerprint density at radius 2 is 0.794 bits per heavy atom. The van der Waals surface area contributed by atoms with E-state index in [4.69, 9.17) is 4.74 Å². The van der Waals surface area contributed by atoms with E-state index < -0.39 is 18.2 Å². The normalized spacial score (nSPS) is 13.3. The Bertz CT molecular complexity index is 997. The van der Waals surface area contributed by atoms with Gasteiger partial charge in [-0.25, -0.2) is 0 Å². The summed E-state index contributed by atoms with van der Waals surface area (Å²) >= 11 is 0. The zero-order valence-corrected chi connectivity index (χ0v) is 42.5. The van der Waals surface area contributed by atoms with Gasteiger partial charge in [0.15, 0.2) is 0 Å². The lowest BCUT2D eigenvalue weighted by Crippen LogP contribution is -2.46. The number of carbonyl (C=O) groups is 2. The SMILES string of the molecule is CCCCCCCCC/C=C/C=C/CCCCCC(CC(=O)NC(CO)C(O)CCCCCCCCCCCCCCC)OC(=O)CCCCCCCCCCCCCCCCC. The second-order valence-electron chi connectivity index (χ2n) is 19.4. The zero-order valence-electron chi connectivity index (χ0n) is 42.5. The molecule has 372 valence electrons. The van der Waals surface area contributed by atoms with Crippen molar-refractivity contribution in [3.63, 3.8) is 0 Å². The molecular formula is C57H109NO5. The first-order valence-corrected chi connectivity index (χ1v) is 28.1. The Hall–Kier alpha value is -1.66. The number of hydrogen-bond donors (Lipinski definition) is 3. The van der Waals surface area contributed by atoms with Gasteiger partial charge in [-0.3, -0.25) is 9.59 Å². The van der Waals surface area contributed by atoms with Gasteiger partial charge in [0.2, 0.25) is 5.91 Å². The van der Waals surface area contributed by atoms with Crippen molar-refractivity contribution in [2.45, 2.75) is 322 Å². The summed E-state index contributed by atoms with van der Waals surface area (Å²) in [5.74, 6) is -0.482. The smallest absolute Gasteiger partial charge is 0.306 e. The molecule has 0 rings (SSSR count). The van der Waals surface area contributed by atoms with Gasteiger partial charge < -0.3 is 20.3 Å². The zero-order chi connectivity index (χ0) is 45.9. The summed E-state index contributed by atoms with van der Waals surface area (Å²) in [5.41, 5.74) is 0. The Morgan fingerprint density at radius 1 is 0.460 bits per heavy atom. The standard InChI is InChI=1S/C57H109NO5/c1-4-7-10-13-16-19-22-25-27-29-31-33-36-39-42-45-48-53(63-57(62)50-47-44-41-38-35-32-28-26-23-20-17-14-11-8-5-2)51-56(61)58-54(52-59)55(60)49-46-43-40-37-34-30-24-21-18-15-12-9-6-3/h27,29,31,33,53-55,59-60H,4-26,28,30,32,34-52H2,1-3H3,(H,58,61)/b29-27+,33-31+. The molecule has 0 heterocycles. The van der Waals surface area contributed by atoms with E-state index in [1.165, 1.54) is 193 Å². The van der Waals surface area contributed by atoms with Crippen LogP contribution in [0.25, 0.3) is 0 Å². The summed E-state index contributed by atoms with van der Waals surface area (Å²) in [6, 6.07) is -0.706. The number of unbranched alkanes of at least 4 members (excludes halogenated alkanes) is 36. The van der Waals surface area contributed by atoms with E-state index >= 15 is 0 Å². The highest BCUT2D eigenvalue weighted by Gasteiger charge is 2.24. The maximum Gasteiger partial charge on any atom is 0.306 e. The van der Waals surface area contributed by atoms with E-state index in [1.807, 2.05) is 0 Å². The number of rotatable bonds is 51. The largest absolute Gasteiger partial charge is 0.462 e. The van der Waals surface area contributed by atoms with Gasteiger partial charge in [0.05, 0.1) is 25.2 Å². The van der Waals surface area contributed by atoms with Crippen LogP contribution in [0, 0.1) is 0 Å². The van der Waals surface area contributed by atoms with Crippen LogP contribution in [0.15, 0.2) is 24.3 Å². The average molecular weight is 889 g/mol. The molecule has 3 unspecified atom stereocenters. The van der Waals surface area contributed by atoms with Gasteiger partial charge in [0.25, 0.3) is 0 Å². The van der Waals surface area contributed by atoms with Crippen LogP contribution in [0.1, 0.15) is 303 Å². The minimum Gasteiger partial charge on any atom is -0.462 e. The number of aliphatic hydroxyl groups excluding tert-OH is 2. The van der Waals surface area contributed by atoms with E-state index in [2.05, 4.69) is 50.4 Å². The fourth-order valence-electron chi connectivity index (χ4n) is 8.78. The first-order chi connectivity index (χ1) is 31.0. The van der Waals surface area contributed by atoms with Crippen molar-refractivity contribution in [2.24, 2.45) is 0 Å². The van der Waals surface area contributed by atoms with Crippen molar-refractivity contribution in [3.05, 3.63) is 24.3 Å². The monoisotopic (exact) mass is 888 g/mol. The van der Waals surface area contributed by atoms with Crippen molar-refractivity contribution < 1.29 is 24.5 Å². The Kier molecular flexibility index (Phi) is 50.0. The van der Waals surface area contributed by atoms with Gasteiger partial charge >= 0.3 is 5.97 Å². The van der Waals surface area contributed by atoms with Gasteiger partial charge in [0, 0.05) is 6.42 Å². The number of carbonyl (C=O) groups excluding carboxylic acids is 2. The molecule has 0 aromatic carbocycles. The number of nitrogens with one attached hydrogen (secondary N) is 1. The lowest BCUT2D eigenvalue weighted by atomic mass is 10.0. The highest BCUT2D eigenvalue weighted by molar-refractivity contribution is 5.77. The molecule has 0 spiro atoms. The Labute approximate surface area is 392 Å². The van der Waals surface area contributed by atoms with Crippen LogP contribution in [-0.4, -0.2) is 46.9 Å². The van der Waals surface area contributed by atoms with Crippen molar-refractivity contribution in [1.29, 1.82) is 0 Å². The van der Waals surface area contributed by atoms with Gasteiger partial charge in [-0.15, -0.1) is 0 Å². The van der Waals surface area contributed by atoms with Crippen molar-refractivity contribution in [3.8, 4) is 0 Å². The summed E-state index contributed by atoms with van der Waals surface area (Å²) < 4.78 is 5.95. The predicted molar refractivity (Wildman–Crippen MR) is 273 cm³/mol. The molecule has 0 aliphatic heterocycles. The quantitative estimate of drug-likeness (QED) is 0.0321. The van der Waals surface area contributed by atoms with Crippen LogP contribution < -0.4 is 5.32 Å². The molecule has 6 nitrogen and oxygen atoms in total. The molecule has 3 atom stereocenters. The van der Waals surface area contributed by atoms with Crippen LogP contribution in [-0.2, 0) is 14.3 Å². The lowest BCUT2D eigenvalue weighted by Gasteiger charge is -2.24. The molecular weight excluding hydrogens is 779 g/mol. The second kappa shape index (κ2) is 51.3. The van der Waals surface area contributed by atoms with Crippen LogP contribution in [0.5, 0.6) is 0 Å². The summed E-state index contributed by atoms with van der Waals surface area (Å²) in [6.07, 6.45) is 59.5. The van der Waals surface area contributed by atoms with Crippen LogP contribution in [0.3, 0.4) is 0 Å². The molecule has 0 aliphatic carbocycles. The molecule has 0 saturated carbocycles. The molecule has 6 heteroatoms. The van der Waals surface area contributed by atoms with Crippen molar-refractivity contribution in [1.82, 2.24) is 5.32 Å². The van der Waals surface area contributed by atoms with E-state index in [0.717, 1.165) is 64.2 Å². The first kappa shape index (κ1) is 61.3. The fourth-order valence-corrected chi connectivity index (χ4v) is 8.78. The highest BCUT2D eigenvalue weighted by Crippen LogP contribution is 2.18. The number of aliphatic hydroxyl groups is 2. The summed E-state index contributed by atoms with van der Waals surface area (Å²) in [5, 5.41) is 23.8. The first-order valence-electron chi connectivity index (χ1n) is 28.1. The van der Waals surface area contributed by atoms with Gasteiger partial charge in [-0.05, 0) is 51.4 Å². The third-order valence-electron chi connectivity index (χ3n) is 13.1. The molecule has 63 heavy (non-hydrogen) atoms. The summed E-state index contributed by atoms with van der Waals surface area (Å²) in [6.45, 7) is 6.50. The van der Waals surface area contributed by atoms with Crippen LogP contribution in [0.2, 0.25) is 0 Å². The van der Waals surface area contributed by atoms with Crippen LogP contribution in [0.4, 0.5) is 0 Å². The van der Waals surface area contributed by atoms with Gasteiger partial charge in [-0.1, -0.05) is 263 Å². The van der Waals surface area contributed by atoms with Crippen LogP contribution >= 0.6 is 0 Å². The molecule has 0 fully saturated rings. The maximum absolute atomic E-state index is 13.2. The Balaban J connectivity index is 4.59.